The number of halogens is 1. The summed E-state index contributed by atoms with van der Waals surface area (Å²) < 4.78 is 14.7. The third-order valence-electron chi connectivity index (χ3n) is 4.81. The molecule has 1 aromatic carbocycles. The summed E-state index contributed by atoms with van der Waals surface area (Å²) in [5.74, 6) is 4.44. The molecule has 0 saturated heterocycles. The highest BCUT2D eigenvalue weighted by molar-refractivity contribution is 5.66. The van der Waals surface area contributed by atoms with Crippen molar-refractivity contribution in [2.75, 3.05) is 5.73 Å². The van der Waals surface area contributed by atoms with Gasteiger partial charge in [-0.2, -0.15) is 9.65 Å². The Morgan fingerprint density at radius 2 is 1.91 bits per heavy atom. The van der Waals surface area contributed by atoms with E-state index in [-0.39, 0.29) is 23.9 Å². The summed E-state index contributed by atoms with van der Waals surface area (Å²) in [7, 11) is 0. The molecular formula is C23H20FN9. The lowest BCUT2D eigenvalue weighted by molar-refractivity contribution is 0.532. The van der Waals surface area contributed by atoms with Gasteiger partial charge < -0.3 is 11.5 Å². The molecule has 33 heavy (non-hydrogen) atoms. The highest BCUT2D eigenvalue weighted by Gasteiger charge is 2.18. The lowest BCUT2D eigenvalue weighted by atomic mass is 10.00. The van der Waals surface area contributed by atoms with Crippen molar-refractivity contribution in [3.05, 3.63) is 80.4 Å². The van der Waals surface area contributed by atoms with Gasteiger partial charge in [-0.25, -0.2) is 9.97 Å². The number of azide groups is 1. The summed E-state index contributed by atoms with van der Waals surface area (Å²) in [4.78, 5) is 15.5. The van der Waals surface area contributed by atoms with Gasteiger partial charge in [0.15, 0.2) is 23.2 Å². The normalized spacial score (nSPS) is 10.5. The largest absolute Gasteiger partial charge is 0.381 e. The van der Waals surface area contributed by atoms with Gasteiger partial charge >= 0.3 is 0 Å². The van der Waals surface area contributed by atoms with E-state index in [9.17, 15) is 9.65 Å². The summed E-state index contributed by atoms with van der Waals surface area (Å²) in [6.45, 7) is 5.28. The van der Waals surface area contributed by atoms with Gasteiger partial charge in [-0.05, 0) is 56.0 Å². The van der Waals surface area contributed by atoms with Crippen LogP contribution in [0.25, 0.3) is 21.8 Å². The van der Waals surface area contributed by atoms with E-state index < -0.39 is 11.4 Å². The molecule has 0 saturated carbocycles. The summed E-state index contributed by atoms with van der Waals surface area (Å²) in [5.41, 5.74) is 22.7. The molecule has 0 atom stereocenters. The fourth-order valence-electron chi connectivity index (χ4n) is 2.99. The SMILES string of the molecule is Cc1c(C#N)cccc1-c1nc(N)c(F)c(C#Cc2ccc(C(C)(C)N)nc2CN=[N+]=[N-])n1. The van der Waals surface area contributed by atoms with Crippen LogP contribution in [0.15, 0.2) is 35.4 Å². The molecular weight excluding hydrogens is 421 g/mol. The number of hydrogen-bond acceptors (Lipinski definition) is 7. The van der Waals surface area contributed by atoms with Crippen LogP contribution in [0.2, 0.25) is 0 Å². The molecule has 0 fully saturated rings. The first kappa shape index (κ1) is 23.2. The van der Waals surface area contributed by atoms with Gasteiger partial charge in [0.2, 0.25) is 0 Å². The van der Waals surface area contributed by atoms with Crippen molar-refractivity contribution in [3.63, 3.8) is 0 Å². The van der Waals surface area contributed by atoms with E-state index in [4.69, 9.17) is 17.0 Å². The minimum atomic E-state index is -0.857. The topological polar surface area (TPSA) is 163 Å². The molecule has 3 rings (SSSR count). The van der Waals surface area contributed by atoms with Crippen LogP contribution in [0, 0.1) is 35.9 Å². The number of benzene rings is 1. The van der Waals surface area contributed by atoms with Crippen molar-refractivity contribution in [3.8, 4) is 29.3 Å². The van der Waals surface area contributed by atoms with E-state index in [0.717, 1.165) is 0 Å². The van der Waals surface area contributed by atoms with Gasteiger partial charge in [0.05, 0.1) is 35.1 Å². The Morgan fingerprint density at radius 3 is 2.58 bits per heavy atom. The molecule has 2 heterocycles. The van der Waals surface area contributed by atoms with Gasteiger partial charge in [0, 0.05) is 16.0 Å². The number of rotatable bonds is 4. The van der Waals surface area contributed by atoms with Gasteiger partial charge in [-0.1, -0.05) is 23.2 Å². The Bertz CT molecular complexity index is 1380. The van der Waals surface area contributed by atoms with Crippen LogP contribution in [0.5, 0.6) is 0 Å². The summed E-state index contributed by atoms with van der Waals surface area (Å²) >= 11 is 0. The van der Waals surface area contributed by atoms with Gasteiger partial charge in [0.25, 0.3) is 0 Å². The Labute approximate surface area is 189 Å². The number of aromatic nitrogens is 3. The van der Waals surface area contributed by atoms with Crippen LogP contribution >= 0.6 is 0 Å². The zero-order chi connectivity index (χ0) is 24.2. The molecule has 0 bridgehead atoms. The zero-order valence-corrected chi connectivity index (χ0v) is 18.3. The summed E-state index contributed by atoms with van der Waals surface area (Å²) in [6.07, 6.45) is 0. The molecule has 3 aromatic rings. The predicted molar refractivity (Wildman–Crippen MR) is 122 cm³/mol. The highest BCUT2D eigenvalue weighted by Crippen LogP contribution is 2.25. The van der Waals surface area contributed by atoms with Crippen LogP contribution in [-0.4, -0.2) is 15.0 Å². The molecule has 0 spiro atoms. The number of nitrogens with two attached hydrogens (primary N) is 2. The van der Waals surface area contributed by atoms with E-state index >= 15 is 0 Å². The number of hydrogen-bond donors (Lipinski definition) is 2. The Balaban J connectivity index is 2.12. The quantitative estimate of drug-likeness (QED) is 0.270. The number of nitriles is 1. The number of pyridine rings is 1. The molecule has 2 aromatic heterocycles. The molecule has 0 amide bonds. The van der Waals surface area contributed by atoms with Crippen LogP contribution in [0.1, 0.15) is 47.6 Å². The van der Waals surface area contributed by atoms with Crippen molar-refractivity contribution < 1.29 is 4.39 Å². The maximum atomic E-state index is 14.7. The fraction of sp³-hybridized carbons (Fsp3) is 0.217. The number of nitrogen functional groups attached to an aromatic ring is 1. The van der Waals surface area contributed by atoms with E-state index in [1.165, 1.54) is 0 Å². The van der Waals surface area contributed by atoms with Gasteiger partial charge in [-0.15, -0.1) is 0 Å². The predicted octanol–water partition coefficient (Wildman–Crippen LogP) is 3.84. The van der Waals surface area contributed by atoms with Crippen LogP contribution in [-0.2, 0) is 12.1 Å². The Hall–Kier alpha value is -4.50. The first-order valence-corrected chi connectivity index (χ1v) is 9.81. The van der Waals surface area contributed by atoms with E-state index in [0.29, 0.717) is 33.6 Å². The first-order chi connectivity index (χ1) is 15.7. The van der Waals surface area contributed by atoms with Crippen molar-refractivity contribution in [1.29, 1.82) is 5.26 Å². The molecule has 0 aliphatic carbocycles. The molecule has 164 valence electrons. The van der Waals surface area contributed by atoms with Crippen LogP contribution in [0.3, 0.4) is 0 Å². The van der Waals surface area contributed by atoms with Gasteiger partial charge in [-0.3, -0.25) is 4.98 Å². The fourth-order valence-corrected chi connectivity index (χ4v) is 2.99. The Morgan fingerprint density at radius 1 is 1.15 bits per heavy atom. The third-order valence-corrected chi connectivity index (χ3v) is 4.81. The van der Waals surface area contributed by atoms with E-state index in [1.807, 2.05) is 0 Å². The minimum Gasteiger partial charge on any atom is -0.381 e. The van der Waals surface area contributed by atoms with Crippen molar-refractivity contribution in [2.24, 2.45) is 10.8 Å². The number of anilines is 1. The van der Waals surface area contributed by atoms with Crippen LogP contribution < -0.4 is 11.5 Å². The molecule has 0 aliphatic rings. The smallest absolute Gasteiger partial charge is 0.199 e. The number of nitrogens with zero attached hydrogens (tertiary/aromatic N) is 7. The zero-order valence-electron chi connectivity index (χ0n) is 18.3. The van der Waals surface area contributed by atoms with Crippen molar-refractivity contribution >= 4 is 5.82 Å². The standard InChI is InChI=1S/C23H20FN9/c1-13-15(11-25)5-4-6-16(13)22-31-17(20(24)21(26)32-22)9-7-14-8-10-19(23(2,3)27)30-18(14)12-29-33-28/h4-6,8,10H,12,27H2,1-3H3,(H2,26,31,32). The molecule has 4 N–H and O–H groups in total. The average Bonchev–Trinajstić information content (AvgIpc) is 2.78. The van der Waals surface area contributed by atoms with Crippen molar-refractivity contribution in [1.82, 2.24) is 15.0 Å². The van der Waals surface area contributed by atoms with Crippen molar-refractivity contribution in [2.45, 2.75) is 32.9 Å². The average molecular weight is 441 g/mol. The van der Waals surface area contributed by atoms with Crippen LogP contribution in [0.4, 0.5) is 10.2 Å². The second-order valence-electron chi connectivity index (χ2n) is 7.74. The summed E-state index contributed by atoms with van der Waals surface area (Å²) in [5, 5.41) is 12.8. The second-order valence-corrected chi connectivity index (χ2v) is 7.74. The highest BCUT2D eigenvalue weighted by atomic mass is 19.1. The minimum absolute atomic E-state index is 0.0514. The third kappa shape index (κ3) is 5.05. The maximum Gasteiger partial charge on any atom is 0.199 e. The molecule has 9 nitrogen and oxygen atoms in total. The molecule has 0 aliphatic heterocycles. The van der Waals surface area contributed by atoms with E-state index in [2.05, 4.69) is 42.9 Å². The second kappa shape index (κ2) is 9.33. The Kier molecular flexibility index (Phi) is 6.55. The lowest BCUT2D eigenvalue weighted by Gasteiger charge is -2.18. The molecule has 10 heteroatoms. The van der Waals surface area contributed by atoms with Gasteiger partial charge in [0.1, 0.15) is 0 Å². The molecule has 0 radical (unpaired) electrons. The molecule has 0 unspecified atom stereocenters. The monoisotopic (exact) mass is 441 g/mol. The summed E-state index contributed by atoms with van der Waals surface area (Å²) in [6, 6.07) is 10.5. The lowest BCUT2D eigenvalue weighted by Crippen LogP contribution is -2.30. The first-order valence-electron chi connectivity index (χ1n) is 9.81. The van der Waals surface area contributed by atoms with E-state index in [1.54, 1.807) is 51.1 Å². The maximum absolute atomic E-state index is 14.7.